The predicted molar refractivity (Wildman–Crippen MR) is 119 cm³/mol. The summed E-state index contributed by atoms with van der Waals surface area (Å²) in [7, 11) is 0. The van der Waals surface area contributed by atoms with Crippen LogP contribution in [-0.2, 0) is 11.2 Å². The van der Waals surface area contributed by atoms with Crippen molar-refractivity contribution in [1.29, 1.82) is 0 Å². The van der Waals surface area contributed by atoms with E-state index in [1.165, 1.54) is 0 Å². The number of carbonyl (C=O) groups excluding carboxylic acids is 1. The first-order valence-electron chi connectivity index (χ1n) is 9.52. The molecule has 5 nitrogen and oxygen atoms in total. The topological polar surface area (TPSA) is 59.0 Å². The summed E-state index contributed by atoms with van der Waals surface area (Å²) >= 11 is 12.1. The number of para-hydroxylation sites is 1. The maximum Gasteiger partial charge on any atom is 0.224 e. The SMILES string of the molecule is Cc1nn(-c2ccc(Cl)c(Cl)c2)c(C)c1CC(=O)NCCCNc1ccccc1. The van der Waals surface area contributed by atoms with Gasteiger partial charge in [0.05, 0.1) is 27.8 Å². The molecule has 29 heavy (non-hydrogen) atoms. The molecule has 1 aromatic heterocycles. The van der Waals surface area contributed by atoms with Crippen LogP contribution in [0.15, 0.2) is 48.5 Å². The van der Waals surface area contributed by atoms with E-state index in [4.69, 9.17) is 23.2 Å². The van der Waals surface area contributed by atoms with Crippen molar-refractivity contribution in [3.05, 3.63) is 75.5 Å². The fourth-order valence-corrected chi connectivity index (χ4v) is 3.42. The van der Waals surface area contributed by atoms with Crippen LogP contribution >= 0.6 is 23.2 Å². The second kappa shape index (κ2) is 9.81. The van der Waals surface area contributed by atoms with E-state index in [0.29, 0.717) is 23.0 Å². The lowest BCUT2D eigenvalue weighted by atomic mass is 10.1. The van der Waals surface area contributed by atoms with Crippen LogP contribution in [0.3, 0.4) is 0 Å². The predicted octanol–water partition coefficient (Wildman–Crippen LogP) is 4.96. The zero-order chi connectivity index (χ0) is 20.8. The van der Waals surface area contributed by atoms with Crippen molar-refractivity contribution in [1.82, 2.24) is 15.1 Å². The molecule has 2 N–H and O–H groups in total. The number of nitrogens with zero attached hydrogens (tertiary/aromatic N) is 2. The highest BCUT2D eigenvalue weighted by Gasteiger charge is 2.16. The molecule has 1 heterocycles. The molecule has 0 spiro atoms. The van der Waals surface area contributed by atoms with Gasteiger partial charge in [-0.3, -0.25) is 4.79 Å². The standard InChI is InChI=1S/C22H24Cl2N4O/c1-15-19(16(2)28(27-15)18-9-10-20(23)21(24)13-18)14-22(29)26-12-6-11-25-17-7-4-3-5-8-17/h3-5,7-10,13,25H,6,11-12,14H2,1-2H3,(H,26,29). The van der Waals surface area contributed by atoms with Gasteiger partial charge in [-0.15, -0.1) is 0 Å². The maximum atomic E-state index is 12.4. The molecule has 0 radical (unpaired) electrons. The number of carbonyl (C=O) groups is 1. The molecule has 0 aliphatic rings. The maximum absolute atomic E-state index is 12.4. The molecule has 3 rings (SSSR count). The molecule has 0 aliphatic carbocycles. The summed E-state index contributed by atoms with van der Waals surface area (Å²) in [6.07, 6.45) is 1.15. The van der Waals surface area contributed by atoms with Crippen LogP contribution in [0.1, 0.15) is 23.4 Å². The second-order valence-electron chi connectivity index (χ2n) is 6.83. The Morgan fingerprint density at radius 2 is 1.79 bits per heavy atom. The minimum atomic E-state index is -0.00963. The molecule has 7 heteroatoms. The first-order chi connectivity index (χ1) is 14.0. The highest BCUT2D eigenvalue weighted by atomic mass is 35.5. The number of anilines is 1. The first-order valence-corrected chi connectivity index (χ1v) is 10.3. The third-order valence-corrected chi connectivity index (χ3v) is 5.44. The normalized spacial score (nSPS) is 10.8. The zero-order valence-electron chi connectivity index (χ0n) is 16.5. The van der Waals surface area contributed by atoms with Crippen molar-refractivity contribution in [2.75, 3.05) is 18.4 Å². The summed E-state index contributed by atoms with van der Waals surface area (Å²) in [5.74, 6) is -0.00963. The molecule has 3 aromatic rings. The van der Waals surface area contributed by atoms with E-state index in [1.807, 2.05) is 50.2 Å². The fourth-order valence-electron chi connectivity index (χ4n) is 3.13. The number of aryl methyl sites for hydroxylation is 1. The van der Waals surface area contributed by atoms with E-state index in [2.05, 4.69) is 15.7 Å². The molecule has 0 saturated carbocycles. The molecule has 152 valence electrons. The van der Waals surface area contributed by atoms with Crippen LogP contribution in [0.5, 0.6) is 0 Å². The minimum absolute atomic E-state index is 0.00963. The van der Waals surface area contributed by atoms with E-state index < -0.39 is 0 Å². The molecule has 2 aromatic carbocycles. The number of amides is 1. The summed E-state index contributed by atoms with van der Waals surface area (Å²) in [5.41, 5.74) is 4.57. The monoisotopic (exact) mass is 430 g/mol. The van der Waals surface area contributed by atoms with E-state index in [0.717, 1.165) is 41.3 Å². The summed E-state index contributed by atoms with van der Waals surface area (Å²) in [4.78, 5) is 12.4. The van der Waals surface area contributed by atoms with Crippen LogP contribution in [-0.4, -0.2) is 28.8 Å². The lowest BCUT2D eigenvalue weighted by Crippen LogP contribution is -2.27. The Bertz CT molecular complexity index is 986. The Hall–Kier alpha value is -2.50. The molecular formula is C22H24Cl2N4O. The fraction of sp³-hybridized carbons (Fsp3) is 0.273. The van der Waals surface area contributed by atoms with Crippen molar-refractivity contribution >= 4 is 34.8 Å². The Labute approximate surface area is 181 Å². The molecule has 0 bridgehead atoms. The van der Waals surface area contributed by atoms with Crippen LogP contribution in [0.2, 0.25) is 10.0 Å². The minimum Gasteiger partial charge on any atom is -0.385 e. The first kappa shape index (κ1) is 21.2. The number of rotatable bonds is 8. The van der Waals surface area contributed by atoms with Crippen LogP contribution < -0.4 is 10.6 Å². The molecule has 0 saturated heterocycles. The number of halogens is 2. The van der Waals surface area contributed by atoms with Gasteiger partial charge < -0.3 is 10.6 Å². The summed E-state index contributed by atoms with van der Waals surface area (Å²) in [6.45, 7) is 5.29. The average molecular weight is 431 g/mol. The molecule has 0 atom stereocenters. The van der Waals surface area contributed by atoms with Gasteiger partial charge >= 0.3 is 0 Å². The number of aromatic nitrogens is 2. The molecular weight excluding hydrogens is 407 g/mol. The van der Waals surface area contributed by atoms with Crippen molar-refractivity contribution < 1.29 is 4.79 Å². The van der Waals surface area contributed by atoms with Crippen LogP contribution in [0.4, 0.5) is 5.69 Å². The Kier molecular flexibility index (Phi) is 7.18. The number of benzene rings is 2. The molecule has 0 unspecified atom stereocenters. The Morgan fingerprint density at radius 3 is 2.52 bits per heavy atom. The van der Waals surface area contributed by atoms with Gasteiger partial charge in [-0.1, -0.05) is 41.4 Å². The summed E-state index contributed by atoms with van der Waals surface area (Å²) in [5, 5.41) is 11.9. The van der Waals surface area contributed by atoms with Gasteiger partial charge in [0, 0.05) is 30.0 Å². The second-order valence-corrected chi connectivity index (χ2v) is 7.65. The van der Waals surface area contributed by atoms with Crippen molar-refractivity contribution in [2.45, 2.75) is 26.7 Å². The van der Waals surface area contributed by atoms with E-state index in [1.54, 1.807) is 16.8 Å². The third-order valence-electron chi connectivity index (χ3n) is 4.70. The van der Waals surface area contributed by atoms with Gasteiger partial charge in [0.15, 0.2) is 0 Å². The van der Waals surface area contributed by atoms with Crippen molar-refractivity contribution in [3.63, 3.8) is 0 Å². The lowest BCUT2D eigenvalue weighted by molar-refractivity contribution is -0.120. The van der Waals surface area contributed by atoms with E-state index in [9.17, 15) is 4.79 Å². The lowest BCUT2D eigenvalue weighted by Gasteiger charge is -2.09. The Morgan fingerprint density at radius 1 is 1.03 bits per heavy atom. The molecule has 0 fully saturated rings. The summed E-state index contributed by atoms with van der Waals surface area (Å²) < 4.78 is 1.80. The van der Waals surface area contributed by atoms with Crippen LogP contribution in [0.25, 0.3) is 5.69 Å². The molecule has 0 aliphatic heterocycles. The number of hydrogen-bond acceptors (Lipinski definition) is 3. The van der Waals surface area contributed by atoms with Gasteiger partial charge in [0.25, 0.3) is 0 Å². The third kappa shape index (κ3) is 5.52. The highest BCUT2D eigenvalue weighted by molar-refractivity contribution is 6.42. The molecule has 1 amide bonds. The van der Waals surface area contributed by atoms with E-state index >= 15 is 0 Å². The summed E-state index contributed by atoms with van der Waals surface area (Å²) in [6, 6.07) is 15.4. The number of nitrogens with one attached hydrogen (secondary N) is 2. The zero-order valence-corrected chi connectivity index (χ0v) is 18.0. The highest BCUT2D eigenvalue weighted by Crippen LogP contribution is 2.26. The van der Waals surface area contributed by atoms with E-state index in [-0.39, 0.29) is 5.91 Å². The average Bonchev–Trinajstić information content (AvgIpc) is 2.99. The van der Waals surface area contributed by atoms with Gasteiger partial charge in [-0.05, 0) is 50.6 Å². The number of hydrogen-bond donors (Lipinski definition) is 2. The smallest absolute Gasteiger partial charge is 0.224 e. The Balaban J connectivity index is 1.53. The van der Waals surface area contributed by atoms with Gasteiger partial charge in [0.2, 0.25) is 5.91 Å². The van der Waals surface area contributed by atoms with Gasteiger partial charge in [-0.2, -0.15) is 5.10 Å². The van der Waals surface area contributed by atoms with Crippen LogP contribution in [0, 0.1) is 13.8 Å². The largest absolute Gasteiger partial charge is 0.385 e. The van der Waals surface area contributed by atoms with Gasteiger partial charge in [-0.25, -0.2) is 4.68 Å². The van der Waals surface area contributed by atoms with Crippen molar-refractivity contribution in [2.24, 2.45) is 0 Å². The quantitative estimate of drug-likeness (QED) is 0.496. The van der Waals surface area contributed by atoms with Crippen molar-refractivity contribution in [3.8, 4) is 5.69 Å². The van der Waals surface area contributed by atoms with Gasteiger partial charge in [0.1, 0.15) is 0 Å².